The van der Waals surface area contributed by atoms with E-state index in [0.29, 0.717) is 12.3 Å². The van der Waals surface area contributed by atoms with Crippen molar-refractivity contribution in [1.29, 1.82) is 0 Å². The van der Waals surface area contributed by atoms with Crippen LogP contribution in [0.5, 0.6) is 0 Å². The fourth-order valence-corrected chi connectivity index (χ4v) is 1.79. The summed E-state index contributed by atoms with van der Waals surface area (Å²) in [5, 5.41) is 14.1. The Morgan fingerprint density at radius 2 is 2.12 bits per heavy atom. The summed E-state index contributed by atoms with van der Waals surface area (Å²) in [4.78, 5) is 22.3. The zero-order valence-corrected chi connectivity index (χ0v) is 9.82. The lowest BCUT2D eigenvalue weighted by molar-refractivity contribution is -0.139. The molecular formula is C11H20N2O3. The van der Waals surface area contributed by atoms with Crippen molar-refractivity contribution in [3.63, 3.8) is 0 Å². The Hall–Kier alpha value is -1.26. The number of carboxylic acid groups (broad SMARTS) is 1. The maximum absolute atomic E-state index is 11.5. The van der Waals surface area contributed by atoms with Crippen LogP contribution in [0.2, 0.25) is 0 Å². The molecule has 5 heteroatoms. The number of aliphatic carboxylic acids is 1. The van der Waals surface area contributed by atoms with Crippen LogP contribution in [0.25, 0.3) is 0 Å². The number of carboxylic acids is 1. The van der Waals surface area contributed by atoms with Crippen molar-refractivity contribution in [3.8, 4) is 0 Å². The van der Waals surface area contributed by atoms with E-state index < -0.39 is 12.0 Å². The average Bonchev–Trinajstić information content (AvgIpc) is 2.95. The third-order valence-electron chi connectivity index (χ3n) is 2.94. The summed E-state index contributed by atoms with van der Waals surface area (Å²) in [6.45, 7) is 3.98. The molecular weight excluding hydrogens is 208 g/mol. The monoisotopic (exact) mass is 228 g/mol. The standard InChI is InChI=1S/C11H20N2O3/c1-3-5-8(10(14)15)12-11(16)13-9-6-7(9)4-2/h7-9H,3-6H2,1-2H3,(H,14,15)(H2,12,13,16)/t7?,8-,9?/m1/s1. The van der Waals surface area contributed by atoms with E-state index in [2.05, 4.69) is 17.6 Å². The number of carbonyl (C=O) groups excluding carboxylic acids is 1. The quantitative estimate of drug-likeness (QED) is 0.642. The molecule has 3 atom stereocenters. The van der Waals surface area contributed by atoms with Crippen molar-refractivity contribution in [1.82, 2.24) is 10.6 Å². The van der Waals surface area contributed by atoms with Gasteiger partial charge in [0.25, 0.3) is 0 Å². The first-order valence-electron chi connectivity index (χ1n) is 5.88. The summed E-state index contributed by atoms with van der Waals surface area (Å²) in [5.74, 6) is -0.403. The fourth-order valence-electron chi connectivity index (χ4n) is 1.79. The van der Waals surface area contributed by atoms with Gasteiger partial charge in [-0.15, -0.1) is 0 Å². The zero-order valence-electron chi connectivity index (χ0n) is 9.82. The van der Waals surface area contributed by atoms with Crippen molar-refractivity contribution in [3.05, 3.63) is 0 Å². The van der Waals surface area contributed by atoms with Gasteiger partial charge in [-0.25, -0.2) is 9.59 Å². The Morgan fingerprint density at radius 3 is 2.56 bits per heavy atom. The van der Waals surface area contributed by atoms with Crippen LogP contribution in [0.4, 0.5) is 4.79 Å². The van der Waals surface area contributed by atoms with Gasteiger partial charge < -0.3 is 15.7 Å². The molecule has 3 N–H and O–H groups in total. The third-order valence-corrected chi connectivity index (χ3v) is 2.94. The number of rotatable bonds is 6. The summed E-state index contributed by atoms with van der Waals surface area (Å²) in [6, 6.07) is -0.897. The summed E-state index contributed by atoms with van der Waals surface area (Å²) in [7, 11) is 0. The fraction of sp³-hybridized carbons (Fsp3) is 0.818. The minimum Gasteiger partial charge on any atom is -0.480 e. The van der Waals surface area contributed by atoms with Gasteiger partial charge in [0, 0.05) is 6.04 Å². The highest BCUT2D eigenvalue weighted by Gasteiger charge is 2.36. The van der Waals surface area contributed by atoms with Crippen LogP contribution in [0.15, 0.2) is 0 Å². The molecule has 0 aromatic rings. The van der Waals surface area contributed by atoms with Gasteiger partial charge in [0.05, 0.1) is 0 Å². The van der Waals surface area contributed by atoms with Crippen molar-refractivity contribution >= 4 is 12.0 Å². The van der Waals surface area contributed by atoms with Gasteiger partial charge in [0.15, 0.2) is 0 Å². The smallest absolute Gasteiger partial charge is 0.326 e. The van der Waals surface area contributed by atoms with Gasteiger partial charge >= 0.3 is 12.0 Å². The molecule has 0 aromatic carbocycles. The van der Waals surface area contributed by atoms with E-state index in [-0.39, 0.29) is 12.1 Å². The molecule has 1 fully saturated rings. The van der Waals surface area contributed by atoms with Crippen LogP contribution in [-0.2, 0) is 4.79 Å². The first kappa shape index (κ1) is 12.8. The van der Waals surface area contributed by atoms with Gasteiger partial charge in [-0.05, 0) is 18.8 Å². The molecule has 1 saturated carbocycles. The first-order valence-corrected chi connectivity index (χ1v) is 5.88. The number of urea groups is 1. The van der Waals surface area contributed by atoms with Crippen LogP contribution in [0.1, 0.15) is 39.5 Å². The molecule has 0 aliphatic heterocycles. The number of nitrogens with one attached hydrogen (secondary N) is 2. The molecule has 92 valence electrons. The van der Waals surface area contributed by atoms with E-state index in [1.165, 1.54) is 0 Å². The van der Waals surface area contributed by atoms with E-state index in [0.717, 1.165) is 19.3 Å². The Bertz CT molecular complexity index is 268. The maximum Gasteiger partial charge on any atom is 0.326 e. The summed E-state index contributed by atoms with van der Waals surface area (Å²) in [5.41, 5.74) is 0. The molecule has 0 radical (unpaired) electrons. The van der Waals surface area contributed by atoms with Crippen LogP contribution < -0.4 is 10.6 Å². The zero-order chi connectivity index (χ0) is 12.1. The molecule has 1 aliphatic carbocycles. The van der Waals surface area contributed by atoms with Crippen molar-refractivity contribution in [2.75, 3.05) is 0 Å². The van der Waals surface area contributed by atoms with E-state index >= 15 is 0 Å². The van der Waals surface area contributed by atoms with E-state index in [1.54, 1.807) is 0 Å². The van der Waals surface area contributed by atoms with Gasteiger partial charge in [-0.1, -0.05) is 26.7 Å². The molecule has 5 nitrogen and oxygen atoms in total. The largest absolute Gasteiger partial charge is 0.480 e. The van der Waals surface area contributed by atoms with E-state index in [9.17, 15) is 9.59 Å². The van der Waals surface area contributed by atoms with Gasteiger partial charge in [0.1, 0.15) is 6.04 Å². The molecule has 0 spiro atoms. The topological polar surface area (TPSA) is 78.4 Å². The van der Waals surface area contributed by atoms with Crippen LogP contribution >= 0.6 is 0 Å². The highest BCUT2D eigenvalue weighted by atomic mass is 16.4. The van der Waals surface area contributed by atoms with Crippen LogP contribution in [0, 0.1) is 5.92 Å². The summed E-state index contributed by atoms with van der Waals surface area (Å²) < 4.78 is 0. The molecule has 0 heterocycles. The Labute approximate surface area is 95.6 Å². The first-order chi connectivity index (χ1) is 7.58. The normalized spacial score (nSPS) is 24.6. The van der Waals surface area contributed by atoms with Crippen molar-refractivity contribution in [2.24, 2.45) is 5.92 Å². The molecule has 0 bridgehead atoms. The molecule has 2 unspecified atom stereocenters. The molecule has 0 saturated heterocycles. The van der Waals surface area contributed by atoms with E-state index in [4.69, 9.17) is 5.11 Å². The second-order valence-corrected chi connectivity index (χ2v) is 4.31. The predicted octanol–water partition coefficient (Wildman–Crippen LogP) is 1.34. The number of amides is 2. The second-order valence-electron chi connectivity index (χ2n) is 4.31. The number of hydrogen-bond acceptors (Lipinski definition) is 2. The maximum atomic E-state index is 11.5. The molecule has 1 aliphatic rings. The average molecular weight is 228 g/mol. The molecule has 1 rings (SSSR count). The highest BCUT2D eigenvalue weighted by molar-refractivity contribution is 5.82. The molecule has 16 heavy (non-hydrogen) atoms. The van der Waals surface area contributed by atoms with Gasteiger partial charge in [0.2, 0.25) is 0 Å². The number of carbonyl (C=O) groups is 2. The Morgan fingerprint density at radius 1 is 1.44 bits per heavy atom. The van der Waals surface area contributed by atoms with Crippen molar-refractivity contribution in [2.45, 2.75) is 51.6 Å². The van der Waals surface area contributed by atoms with Crippen molar-refractivity contribution < 1.29 is 14.7 Å². The number of hydrogen-bond donors (Lipinski definition) is 3. The SMILES string of the molecule is CCC[C@@H](NC(=O)NC1CC1CC)C(=O)O. The second kappa shape index (κ2) is 5.72. The van der Waals surface area contributed by atoms with E-state index in [1.807, 2.05) is 6.92 Å². The lowest BCUT2D eigenvalue weighted by Crippen LogP contribution is -2.46. The van der Waals surface area contributed by atoms with Gasteiger partial charge in [-0.3, -0.25) is 0 Å². The predicted molar refractivity (Wildman–Crippen MR) is 60.2 cm³/mol. The lowest BCUT2D eigenvalue weighted by Gasteiger charge is -2.14. The Kier molecular flexibility index (Phi) is 4.58. The minimum atomic E-state index is -0.972. The summed E-state index contributed by atoms with van der Waals surface area (Å²) in [6.07, 6.45) is 3.26. The lowest BCUT2D eigenvalue weighted by atomic mass is 10.2. The van der Waals surface area contributed by atoms with Gasteiger partial charge in [-0.2, -0.15) is 0 Å². The highest BCUT2D eigenvalue weighted by Crippen LogP contribution is 2.32. The third kappa shape index (κ3) is 3.72. The Balaban J connectivity index is 2.29. The molecule has 2 amide bonds. The summed E-state index contributed by atoms with van der Waals surface area (Å²) >= 11 is 0. The van der Waals surface area contributed by atoms with Crippen LogP contribution in [0.3, 0.4) is 0 Å². The minimum absolute atomic E-state index is 0.237. The van der Waals surface area contributed by atoms with Crippen LogP contribution in [-0.4, -0.2) is 29.2 Å². The molecule has 0 aromatic heterocycles.